The maximum absolute atomic E-state index is 10.4. The molecule has 11 heavy (non-hydrogen) atoms. The van der Waals surface area contributed by atoms with Gasteiger partial charge in [-0.1, -0.05) is 0 Å². The molecule has 62 valence electrons. The molecule has 1 spiro atoms. The predicted molar refractivity (Wildman–Crippen MR) is 40.2 cm³/mol. The van der Waals surface area contributed by atoms with E-state index in [2.05, 4.69) is 0 Å². The number of rotatable bonds is 1. The van der Waals surface area contributed by atoms with Crippen LogP contribution >= 0.6 is 11.6 Å². The second-order valence-electron chi connectivity index (χ2n) is 3.26. The first-order chi connectivity index (χ1) is 5.23. The summed E-state index contributed by atoms with van der Waals surface area (Å²) in [5.41, 5.74) is -0.513. The summed E-state index contributed by atoms with van der Waals surface area (Å²) in [7, 11) is 0. The SMILES string of the molecule is O=C(Cl)ON1CCC12CCC2. The third kappa shape index (κ3) is 1.03. The predicted octanol–water partition coefficient (Wildman–Crippen LogP) is 1.91. The summed E-state index contributed by atoms with van der Waals surface area (Å²) in [4.78, 5) is 15.2. The standard InChI is InChI=1S/C7H10ClNO2/c8-6(10)11-9-5-4-7(9)2-1-3-7/h1-5H2. The minimum atomic E-state index is -0.712. The molecule has 4 heteroatoms. The monoisotopic (exact) mass is 175 g/mol. The van der Waals surface area contributed by atoms with Gasteiger partial charge in [-0.3, -0.25) is 0 Å². The van der Waals surface area contributed by atoms with E-state index < -0.39 is 5.43 Å². The van der Waals surface area contributed by atoms with E-state index in [1.54, 1.807) is 5.06 Å². The summed E-state index contributed by atoms with van der Waals surface area (Å²) in [6.45, 7) is 0.846. The van der Waals surface area contributed by atoms with Crippen LogP contribution in [0.15, 0.2) is 0 Å². The summed E-state index contributed by atoms with van der Waals surface area (Å²) < 4.78 is 0. The highest BCUT2D eigenvalue weighted by Crippen LogP contribution is 2.47. The summed E-state index contributed by atoms with van der Waals surface area (Å²) in [6, 6.07) is 0. The van der Waals surface area contributed by atoms with Gasteiger partial charge in [0, 0.05) is 18.1 Å². The van der Waals surface area contributed by atoms with Crippen molar-refractivity contribution in [2.45, 2.75) is 31.2 Å². The smallest absolute Gasteiger partial charge is 0.355 e. The van der Waals surface area contributed by atoms with Gasteiger partial charge in [-0.05, 0) is 25.7 Å². The van der Waals surface area contributed by atoms with Crippen molar-refractivity contribution < 1.29 is 9.63 Å². The van der Waals surface area contributed by atoms with Gasteiger partial charge in [-0.2, -0.15) is 0 Å². The number of hydrogen-bond donors (Lipinski definition) is 0. The lowest BCUT2D eigenvalue weighted by Crippen LogP contribution is -2.63. The Bertz CT molecular complexity index is 185. The summed E-state index contributed by atoms with van der Waals surface area (Å²) >= 11 is 5.09. The molecule has 0 aromatic heterocycles. The van der Waals surface area contributed by atoms with Gasteiger partial charge in [-0.15, -0.1) is 5.06 Å². The molecule has 0 unspecified atom stereocenters. The van der Waals surface area contributed by atoms with E-state index in [0.29, 0.717) is 0 Å². The first-order valence-corrected chi connectivity index (χ1v) is 4.26. The zero-order valence-corrected chi connectivity index (χ0v) is 6.93. The first kappa shape index (κ1) is 7.37. The van der Waals surface area contributed by atoms with Crippen LogP contribution in [0.25, 0.3) is 0 Å². The molecule has 1 saturated carbocycles. The molecule has 0 aromatic rings. The van der Waals surface area contributed by atoms with E-state index in [1.165, 1.54) is 6.42 Å². The number of carbonyl (C=O) groups is 1. The van der Waals surface area contributed by atoms with E-state index >= 15 is 0 Å². The van der Waals surface area contributed by atoms with Crippen molar-refractivity contribution in [2.24, 2.45) is 0 Å². The Balaban J connectivity index is 1.90. The summed E-state index contributed by atoms with van der Waals surface area (Å²) in [5, 5.41) is 1.73. The number of hydrogen-bond acceptors (Lipinski definition) is 3. The highest BCUT2D eigenvalue weighted by Gasteiger charge is 2.51. The fourth-order valence-corrected chi connectivity index (χ4v) is 1.92. The zero-order valence-electron chi connectivity index (χ0n) is 6.18. The van der Waals surface area contributed by atoms with Gasteiger partial charge in [0.25, 0.3) is 0 Å². The van der Waals surface area contributed by atoms with Crippen LogP contribution in [0, 0.1) is 0 Å². The Morgan fingerprint density at radius 2 is 2.18 bits per heavy atom. The highest BCUT2D eigenvalue weighted by molar-refractivity contribution is 6.61. The minimum Gasteiger partial charge on any atom is -0.355 e. The molecule has 0 N–H and O–H groups in total. The van der Waals surface area contributed by atoms with E-state index in [9.17, 15) is 4.79 Å². The molecule has 0 radical (unpaired) electrons. The molecule has 0 atom stereocenters. The van der Waals surface area contributed by atoms with Crippen molar-refractivity contribution in [1.82, 2.24) is 5.06 Å². The van der Waals surface area contributed by atoms with Crippen molar-refractivity contribution in [3.05, 3.63) is 0 Å². The lowest BCUT2D eigenvalue weighted by Gasteiger charge is -2.55. The quantitative estimate of drug-likeness (QED) is 0.571. The Morgan fingerprint density at radius 1 is 1.45 bits per heavy atom. The Morgan fingerprint density at radius 3 is 2.45 bits per heavy atom. The molecule has 3 nitrogen and oxygen atoms in total. The fraction of sp³-hybridized carbons (Fsp3) is 0.857. The average Bonchev–Trinajstić information content (AvgIpc) is 1.76. The van der Waals surface area contributed by atoms with Gasteiger partial charge < -0.3 is 4.84 Å². The Kier molecular flexibility index (Phi) is 1.58. The second-order valence-corrected chi connectivity index (χ2v) is 3.57. The summed E-state index contributed by atoms with van der Waals surface area (Å²) in [5.74, 6) is 0. The number of carbonyl (C=O) groups excluding carboxylic acids is 1. The van der Waals surface area contributed by atoms with Gasteiger partial charge in [0.2, 0.25) is 0 Å². The van der Waals surface area contributed by atoms with Crippen LogP contribution < -0.4 is 0 Å². The van der Waals surface area contributed by atoms with Crippen molar-refractivity contribution in [3.63, 3.8) is 0 Å². The van der Waals surface area contributed by atoms with E-state index in [-0.39, 0.29) is 5.54 Å². The molecule has 1 saturated heterocycles. The molecule has 1 heterocycles. The number of hydroxylamine groups is 2. The van der Waals surface area contributed by atoms with Crippen molar-refractivity contribution in [2.75, 3.05) is 6.54 Å². The molecule has 0 amide bonds. The summed E-state index contributed by atoms with van der Waals surface area (Å²) in [6.07, 6.45) is 4.70. The number of halogens is 1. The van der Waals surface area contributed by atoms with Crippen LogP contribution in [0.5, 0.6) is 0 Å². The van der Waals surface area contributed by atoms with Gasteiger partial charge in [0.05, 0.1) is 5.54 Å². The largest absolute Gasteiger partial charge is 0.422 e. The topological polar surface area (TPSA) is 29.5 Å². The molecule has 0 aromatic carbocycles. The fourth-order valence-electron chi connectivity index (χ4n) is 1.83. The highest BCUT2D eigenvalue weighted by atomic mass is 35.5. The van der Waals surface area contributed by atoms with Crippen LogP contribution in [0.1, 0.15) is 25.7 Å². The van der Waals surface area contributed by atoms with Gasteiger partial charge >= 0.3 is 5.43 Å². The van der Waals surface area contributed by atoms with Gasteiger partial charge in [-0.25, -0.2) is 4.79 Å². The molecular formula is C7H10ClNO2. The Hall–Kier alpha value is -0.280. The molecule has 2 aliphatic rings. The minimum absolute atomic E-state index is 0.199. The maximum Gasteiger partial charge on any atom is 0.422 e. The van der Waals surface area contributed by atoms with Crippen molar-refractivity contribution in [1.29, 1.82) is 0 Å². The van der Waals surface area contributed by atoms with Crippen LogP contribution in [-0.2, 0) is 4.84 Å². The van der Waals surface area contributed by atoms with Crippen molar-refractivity contribution >= 4 is 17.0 Å². The molecule has 2 rings (SSSR count). The molecule has 2 fully saturated rings. The van der Waals surface area contributed by atoms with Crippen LogP contribution in [0.4, 0.5) is 4.79 Å². The first-order valence-electron chi connectivity index (χ1n) is 3.88. The van der Waals surface area contributed by atoms with E-state index in [0.717, 1.165) is 25.8 Å². The lowest BCUT2D eigenvalue weighted by molar-refractivity contribution is -0.253. The van der Waals surface area contributed by atoms with Crippen LogP contribution in [0.3, 0.4) is 0 Å². The normalized spacial score (nSPS) is 27.4. The van der Waals surface area contributed by atoms with Crippen molar-refractivity contribution in [3.8, 4) is 0 Å². The molecule has 1 aliphatic heterocycles. The molecule has 1 aliphatic carbocycles. The number of nitrogens with zero attached hydrogens (tertiary/aromatic N) is 1. The van der Waals surface area contributed by atoms with Crippen LogP contribution in [0.2, 0.25) is 0 Å². The molecular weight excluding hydrogens is 166 g/mol. The average molecular weight is 176 g/mol. The van der Waals surface area contributed by atoms with Gasteiger partial charge in [0.15, 0.2) is 0 Å². The van der Waals surface area contributed by atoms with Gasteiger partial charge in [0.1, 0.15) is 0 Å². The second kappa shape index (κ2) is 2.35. The van der Waals surface area contributed by atoms with E-state index in [4.69, 9.17) is 16.4 Å². The third-order valence-corrected chi connectivity index (χ3v) is 2.84. The van der Waals surface area contributed by atoms with Crippen LogP contribution in [-0.4, -0.2) is 22.6 Å². The van der Waals surface area contributed by atoms with E-state index in [1.807, 2.05) is 0 Å². The third-order valence-electron chi connectivity index (χ3n) is 2.78. The maximum atomic E-state index is 10.4. The zero-order chi connectivity index (χ0) is 7.90. The lowest BCUT2D eigenvalue weighted by atomic mass is 9.69. The Labute approximate surface area is 70.2 Å². The molecule has 0 bridgehead atoms.